The smallest absolute Gasteiger partial charge is 0.124 e. The summed E-state index contributed by atoms with van der Waals surface area (Å²) in [5.74, 6) is 0.796. The van der Waals surface area contributed by atoms with Crippen molar-refractivity contribution in [1.82, 2.24) is 19.1 Å². The van der Waals surface area contributed by atoms with Crippen molar-refractivity contribution in [3.63, 3.8) is 0 Å². The minimum Gasteiger partial charge on any atom is -0.336 e. The van der Waals surface area contributed by atoms with Crippen LogP contribution >= 0.6 is 0 Å². The lowest BCUT2D eigenvalue weighted by Gasteiger charge is -2.07. The summed E-state index contributed by atoms with van der Waals surface area (Å²) in [5.41, 5.74) is 3.06. The van der Waals surface area contributed by atoms with E-state index in [1.807, 2.05) is 42.1 Å². The van der Waals surface area contributed by atoms with Crippen molar-refractivity contribution in [2.24, 2.45) is 7.05 Å². The number of para-hydroxylation sites is 2. The molecule has 0 unspecified atom stereocenters. The molecule has 0 aliphatic heterocycles. The van der Waals surface area contributed by atoms with Gasteiger partial charge in [-0.15, -0.1) is 0 Å². The molecule has 2 aromatic heterocycles. The van der Waals surface area contributed by atoms with Crippen molar-refractivity contribution in [3.8, 4) is 6.07 Å². The fourth-order valence-corrected chi connectivity index (χ4v) is 2.21. The minimum absolute atomic E-state index is 0.312. The maximum atomic E-state index is 8.93. The Balaban J connectivity index is 2.12. The van der Waals surface area contributed by atoms with Gasteiger partial charge in [0.15, 0.2) is 0 Å². The molecule has 19 heavy (non-hydrogen) atoms. The van der Waals surface area contributed by atoms with Gasteiger partial charge >= 0.3 is 0 Å². The Morgan fingerprint density at radius 1 is 1.32 bits per heavy atom. The van der Waals surface area contributed by atoms with Gasteiger partial charge in [0, 0.05) is 13.2 Å². The van der Waals surface area contributed by atoms with Gasteiger partial charge in [-0.1, -0.05) is 12.1 Å². The van der Waals surface area contributed by atoms with Crippen LogP contribution in [0, 0.1) is 11.3 Å². The molecule has 1 aromatic carbocycles. The van der Waals surface area contributed by atoms with E-state index >= 15 is 0 Å². The number of aryl methyl sites for hydroxylation is 1. The summed E-state index contributed by atoms with van der Waals surface area (Å²) in [4.78, 5) is 8.65. The van der Waals surface area contributed by atoms with Crippen LogP contribution in [0.1, 0.15) is 11.5 Å². The first kappa shape index (κ1) is 11.5. The normalized spacial score (nSPS) is 10.7. The van der Waals surface area contributed by atoms with Gasteiger partial charge in [0.1, 0.15) is 5.82 Å². The highest BCUT2D eigenvalue weighted by atomic mass is 15.1. The summed E-state index contributed by atoms with van der Waals surface area (Å²) < 4.78 is 4.06. The molecule has 0 bridgehead atoms. The zero-order valence-electron chi connectivity index (χ0n) is 10.6. The van der Waals surface area contributed by atoms with E-state index in [-0.39, 0.29) is 0 Å². The summed E-state index contributed by atoms with van der Waals surface area (Å²) >= 11 is 0. The van der Waals surface area contributed by atoms with Crippen molar-refractivity contribution in [3.05, 3.63) is 48.3 Å². The predicted molar refractivity (Wildman–Crippen MR) is 71.4 cm³/mol. The lowest BCUT2D eigenvalue weighted by atomic mass is 10.3. The van der Waals surface area contributed by atoms with E-state index < -0.39 is 0 Å². The molecule has 0 N–H and O–H groups in total. The predicted octanol–water partition coefficient (Wildman–Crippen LogP) is 1.88. The molecule has 3 rings (SSSR count). The van der Waals surface area contributed by atoms with E-state index in [1.165, 1.54) is 0 Å². The first-order valence-corrected chi connectivity index (χ1v) is 6.06. The number of imidazole rings is 2. The zero-order valence-corrected chi connectivity index (χ0v) is 10.6. The highest BCUT2D eigenvalue weighted by molar-refractivity contribution is 5.76. The molecule has 3 aromatic rings. The molecule has 0 spiro atoms. The summed E-state index contributed by atoms with van der Waals surface area (Å²) in [6.45, 7) is 0.675. The quantitative estimate of drug-likeness (QED) is 0.714. The van der Waals surface area contributed by atoms with Crippen LogP contribution in [0.15, 0.2) is 36.8 Å². The number of nitrogens with zero attached hydrogens (tertiary/aromatic N) is 5. The number of rotatable bonds is 3. The molecule has 0 fully saturated rings. The number of benzene rings is 1. The van der Waals surface area contributed by atoms with Crippen molar-refractivity contribution in [2.45, 2.75) is 13.0 Å². The average Bonchev–Trinajstić information content (AvgIpc) is 2.96. The molecule has 0 radical (unpaired) electrons. The SMILES string of the molecule is Cn1cncc1Cn1c(CC#N)nc2ccccc21. The second-order valence-electron chi connectivity index (χ2n) is 4.43. The monoisotopic (exact) mass is 251 g/mol. The van der Waals surface area contributed by atoms with Crippen molar-refractivity contribution in [2.75, 3.05) is 0 Å². The van der Waals surface area contributed by atoms with Crippen LogP contribution in [0.4, 0.5) is 0 Å². The molecule has 0 saturated heterocycles. The van der Waals surface area contributed by atoms with E-state index in [4.69, 9.17) is 5.26 Å². The van der Waals surface area contributed by atoms with Crippen LogP contribution in [0.3, 0.4) is 0 Å². The Morgan fingerprint density at radius 2 is 2.16 bits per heavy atom. The number of hydrogen-bond acceptors (Lipinski definition) is 3. The van der Waals surface area contributed by atoms with Gasteiger partial charge in [-0.3, -0.25) is 0 Å². The van der Waals surface area contributed by atoms with Crippen molar-refractivity contribution in [1.29, 1.82) is 5.26 Å². The maximum Gasteiger partial charge on any atom is 0.124 e. The minimum atomic E-state index is 0.312. The third-order valence-electron chi connectivity index (χ3n) is 3.21. The zero-order chi connectivity index (χ0) is 13.2. The fraction of sp³-hybridized carbons (Fsp3) is 0.214. The molecule has 5 heteroatoms. The number of fused-ring (bicyclic) bond motifs is 1. The highest BCUT2D eigenvalue weighted by Crippen LogP contribution is 2.18. The van der Waals surface area contributed by atoms with E-state index in [0.29, 0.717) is 13.0 Å². The fourth-order valence-electron chi connectivity index (χ4n) is 2.21. The lowest BCUT2D eigenvalue weighted by Crippen LogP contribution is -2.07. The molecule has 0 saturated carbocycles. The van der Waals surface area contributed by atoms with E-state index in [0.717, 1.165) is 22.6 Å². The standard InChI is InChI=1S/C14H13N5/c1-18-10-16-8-11(18)9-19-13-5-3-2-4-12(13)17-14(19)6-7-15/h2-5,8,10H,6,9H2,1H3. The molecule has 5 nitrogen and oxygen atoms in total. The van der Waals surface area contributed by atoms with Crippen LogP contribution < -0.4 is 0 Å². The molecule has 0 aliphatic rings. The lowest BCUT2D eigenvalue weighted by molar-refractivity contribution is 0.710. The Morgan fingerprint density at radius 3 is 2.89 bits per heavy atom. The topological polar surface area (TPSA) is 59.4 Å². The largest absolute Gasteiger partial charge is 0.336 e. The molecular weight excluding hydrogens is 238 g/mol. The molecule has 2 heterocycles. The third-order valence-corrected chi connectivity index (χ3v) is 3.21. The second kappa shape index (κ2) is 4.58. The van der Waals surface area contributed by atoms with Gasteiger partial charge in [-0.05, 0) is 12.1 Å². The molecule has 94 valence electrons. The first-order valence-electron chi connectivity index (χ1n) is 6.06. The number of aromatic nitrogens is 4. The third kappa shape index (κ3) is 1.97. The van der Waals surface area contributed by atoms with E-state index in [2.05, 4.69) is 20.6 Å². The van der Waals surface area contributed by atoms with Crippen molar-refractivity contribution >= 4 is 11.0 Å². The van der Waals surface area contributed by atoms with E-state index in [1.54, 1.807) is 6.33 Å². The summed E-state index contributed by atoms with van der Waals surface area (Å²) in [6, 6.07) is 10.1. The highest BCUT2D eigenvalue weighted by Gasteiger charge is 2.11. The molecule has 0 atom stereocenters. The Bertz CT molecular complexity index is 760. The molecule has 0 aliphatic carbocycles. The van der Waals surface area contributed by atoms with Crippen LogP contribution in [-0.4, -0.2) is 19.1 Å². The van der Waals surface area contributed by atoms with Crippen LogP contribution in [0.25, 0.3) is 11.0 Å². The Labute approximate surface area is 110 Å². The van der Waals surface area contributed by atoms with Gasteiger partial charge in [-0.25, -0.2) is 9.97 Å². The van der Waals surface area contributed by atoms with Gasteiger partial charge in [0.2, 0.25) is 0 Å². The summed E-state index contributed by atoms with van der Waals surface area (Å²) in [7, 11) is 1.96. The van der Waals surface area contributed by atoms with Crippen LogP contribution in [0.5, 0.6) is 0 Å². The first-order chi connectivity index (χ1) is 9.29. The second-order valence-corrected chi connectivity index (χ2v) is 4.43. The van der Waals surface area contributed by atoms with E-state index in [9.17, 15) is 0 Å². The summed E-state index contributed by atoms with van der Waals surface area (Å²) in [5, 5.41) is 8.93. The Kier molecular flexibility index (Phi) is 2.76. The molecule has 0 amide bonds. The number of nitriles is 1. The average molecular weight is 251 g/mol. The van der Waals surface area contributed by atoms with Crippen LogP contribution in [-0.2, 0) is 20.0 Å². The number of hydrogen-bond donors (Lipinski definition) is 0. The maximum absolute atomic E-state index is 8.93. The van der Waals surface area contributed by atoms with Gasteiger partial charge in [-0.2, -0.15) is 5.26 Å². The summed E-state index contributed by atoms with van der Waals surface area (Å²) in [6.07, 6.45) is 3.93. The molecular formula is C14H13N5. The Hall–Kier alpha value is -2.61. The van der Waals surface area contributed by atoms with Crippen LogP contribution in [0.2, 0.25) is 0 Å². The van der Waals surface area contributed by atoms with Crippen molar-refractivity contribution < 1.29 is 0 Å². The van der Waals surface area contributed by atoms with Gasteiger partial charge in [0.25, 0.3) is 0 Å². The van der Waals surface area contributed by atoms with Gasteiger partial charge in [0.05, 0.1) is 42.1 Å². The van der Waals surface area contributed by atoms with Gasteiger partial charge < -0.3 is 9.13 Å².